The van der Waals surface area contributed by atoms with Crippen LogP contribution in [0.4, 0.5) is 5.82 Å². The van der Waals surface area contributed by atoms with E-state index in [0.29, 0.717) is 25.2 Å². The lowest BCUT2D eigenvalue weighted by atomic mass is 9.97. The van der Waals surface area contributed by atoms with Gasteiger partial charge in [0.2, 0.25) is 0 Å². The zero-order chi connectivity index (χ0) is 22.2. The van der Waals surface area contributed by atoms with Crippen LogP contribution in [0.1, 0.15) is 43.7 Å². The van der Waals surface area contributed by atoms with Crippen molar-refractivity contribution in [2.24, 2.45) is 5.92 Å². The van der Waals surface area contributed by atoms with Crippen LogP contribution < -0.4 is 15.0 Å². The van der Waals surface area contributed by atoms with Gasteiger partial charge in [-0.2, -0.15) is 0 Å². The van der Waals surface area contributed by atoms with E-state index < -0.39 is 0 Å². The number of nitrogens with one attached hydrogen (secondary N) is 1. The quantitative estimate of drug-likeness (QED) is 0.625. The molecule has 6 heteroatoms. The summed E-state index contributed by atoms with van der Waals surface area (Å²) in [6.45, 7) is 9.12. The van der Waals surface area contributed by atoms with Crippen LogP contribution in [0, 0.1) is 5.92 Å². The molecule has 2 aliphatic rings. The van der Waals surface area contributed by atoms with Crippen LogP contribution in [-0.4, -0.2) is 60.4 Å². The monoisotopic (exact) mass is 438 g/mol. The zero-order valence-electron chi connectivity index (χ0n) is 19.4. The average molecular weight is 439 g/mol. The van der Waals surface area contributed by atoms with Crippen LogP contribution in [0.2, 0.25) is 0 Å². The van der Waals surface area contributed by atoms with Crippen LogP contribution >= 0.6 is 0 Å². The third-order valence-corrected chi connectivity index (χ3v) is 6.80. The number of pyridine rings is 1. The maximum atomic E-state index is 9.31. The van der Waals surface area contributed by atoms with Crippen LogP contribution in [0.25, 0.3) is 0 Å². The molecule has 0 saturated carbocycles. The van der Waals surface area contributed by atoms with Crippen molar-refractivity contribution >= 4 is 5.82 Å². The zero-order valence-corrected chi connectivity index (χ0v) is 19.4. The number of aliphatic hydroxyl groups is 1. The second-order valence-electron chi connectivity index (χ2n) is 9.15. The number of hydrogen-bond donors (Lipinski definition) is 2. The van der Waals surface area contributed by atoms with Crippen LogP contribution in [0.5, 0.6) is 5.75 Å². The van der Waals surface area contributed by atoms with Gasteiger partial charge in [-0.3, -0.25) is 4.90 Å². The molecule has 3 heterocycles. The van der Waals surface area contributed by atoms with Gasteiger partial charge in [0.05, 0.1) is 6.61 Å². The van der Waals surface area contributed by atoms with Crippen molar-refractivity contribution < 1.29 is 9.84 Å². The van der Waals surface area contributed by atoms with Gasteiger partial charge in [-0.05, 0) is 80.9 Å². The lowest BCUT2D eigenvalue weighted by Crippen LogP contribution is -2.42. The Bertz CT molecular complexity index is 813. The van der Waals surface area contributed by atoms with Crippen molar-refractivity contribution in [3.63, 3.8) is 0 Å². The summed E-state index contributed by atoms with van der Waals surface area (Å²) in [5.41, 5.74) is 2.55. The van der Waals surface area contributed by atoms with E-state index in [4.69, 9.17) is 9.72 Å². The summed E-state index contributed by atoms with van der Waals surface area (Å²) in [4.78, 5) is 9.65. The van der Waals surface area contributed by atoms with E-state index in [0.717, 1.165) is 76.5 Å². The van der Waals surface area contributed by atoms with Gasteiger partial charge in [-0.1, -0.05) is 18.2 Å². The number of aromatic nitrogens is 1. The smallest absolute Gasteiger partial charge is 0.128 e. The molecule has 2 fully saturated rings. The number of likely N-dealkylation sites (tertiary alicyclic amines) is 1. The Balaban J connectivity index is 1.20. The largest absolute Gasteiger partial charge is 0.494 e. The summed E-state index contributed by atoms with van der Waals surface area (Å²) in [6, 6.07) is 13.3. The van der Waals surface area contributed by atoms with Crippen LogP contribution in [0.3, 0.4) is 0 Å². The molecule has 2 N–H and O–H groups in total. The molecule has 0 amide bonds. The first-order chi connectivity index (χ1) is 15.7. The van der Waals surface area contributed by atoms with Crippen molar-refractivity contribution in [3.8, 4) is 5.75 Å². The normalized spacial score (nSPS) is 18.8. The number of hydrogen-bond acceptors (Lipinski definition) is 6. The topological polar surface area (TPSA) is 60.9 Å². The molecule has 4 rings (SSSR count). The molecule has 0 atom stereocenters. The molecule has 0 spiro atoms. The van der Waals surface area contributed by atoms with Crippen molar-refractivity contribution in [1.29, 1.82) is 0 Å². The SMILES string of the molecule is CCOc1cccc(CNC2CCN(c3ccc(CN4CCC(CO)CC4)cn3)CC2)c1. The van der Waals surface area contributed by atoms with Crippen LogP contribution in [-0.2, 0) is 13.1 Å². The molecule has 1 aromatic heterocycles. The van der Waals surface area contributed by atoms with Crippen molar-refractivity contribution in [1.82, 2.24) is 15.2 Å². The molecule has 0 unspecified atom stereocenters. The van der Waals surface area contributed by atoms with Gasteiger partial charge < -0.3 is 20.1 Å². The van der Waals surface area contributed by atoms with E-state index in [-0.39, 0.29) is 0 Å². The Morgan fingerprint density at radius 3 is 2.53 bits per heavy atom. The summed E-state index contributed by atoms with van der Waals surface area (Å²) in [5.74, 6) is 2.53. The van der Waals surface area contributed by atoms with Crippen LogP contribution in [0.15, 0.2) is 42.6 Å². The fraction of sp³-hybridized carbons (Fsp3) is 0.577. The predicted octanol–water partition coefficient (Wildman–Crippen LogP) is 3.44. The Kier molecular flexibility index (Phi) is 8.37. The first kappa shape index (κ1) is 23.0. The number of anilines is 1. The second kappa shape index (κ2) is 11.6. The van der Waals surface area contributed by atoms with Crippen molar-refractivity contribution in [3.05, 3.63) is 53.7 Å². The first-order valence-corrected chi connectivity index (χ1v) is 12.2. The molecule has 2 saturated heterocycles. The number of benzene rings is 1. The third-order valence-electron chi connectivity index (χ3n) is 6.80. The Morgan fingerprint density at radius 1 is 1.03 bits per heavy atom. The van der Waals surface area contributed by atoms with E-state index in [2.05, 4.69) is 45.4 Å². The van der Waals surface area contributed by atoms with Gasteiger partial charge in [-0.25, -0.2) is 4.98 Å². The first-order valence-electron chi connectivity index (χ1n) is 12.2. The predicted molar refractivity (Wildman–Crippen MR) is 129 cm³/mol. The molecular formula is C26H38N4O2. The number of aliphatic hydroxyl groups excluding tert-OH is 1. The van der Waals surface area contributed by atoms with Crippen molar-refractivity contribution in [2.75, 3.05) is 44.3 Å². The molecule has 0 bridgehead atoms. The van der Waals surface area contributed by atoms with Gasteiger partial charge in [-0.15, -0.1) is 0 Å². The Morgan fingerprint density at radius 2 is 1.84 bits per heavy atom. The molecule has 32 heavy (non-hydrogen) atoms. The molecule has 0 aliphatic carbocycles. The van der Waals surface area contributed by atoms with E-state index in [1.807, 2.05) is 19.2 Å². The minimum atomic E-state index is 0.331. The highest BCUT2D eigenvalue weighted by atomic mass is 16.5. The fourth-order valence-electron chi connectivity index (χ4n) is 4.77. The van der Waals surface area contributed by atoms with E-state index in [1.54, 1.807) is 0 Å². The molecule has 174 valence electrons. The lowest BCUT2D eigenvalue weighted by molar-refractivity contribution is 0.127. The van der Waals surface area contributed by atoms with Gasteiger partial charge in [0.15, 0.2) is 0 Å². The third kappa shape index (κ3) is 6.44. The fourth-order valence-corrected chi connectivity index (χ4v) is 4.77. The number of ether oxygens (including phenoxy) is 1. The van der Waals surface area contributed by atoms with Gasteiger partial charge in [0, 0.05) is 45.0 Å². The van der Waals surface area contributed by atoms with Gasteiger partial charge >= 0.3 is 0 Å². The highest BCUT2D eigenvalue weighted by molar-refractivity contribution is 5.40. The summed E-state index contributed by atoms with van der Waals surface area (Å²) < 4.78 is 5.61. The maximum absolute atomic E-state index is 9.31. The molecule has 0 radical (unpaired) electrons. The average Bonchev–Trinajstić information content (AvgIpc) is 2.85. The summed E-state index contributed by atoms with van der Waals surface area (Å²) in [7, 11) is 0. The highest BCUT2D eigenvalue weighted by Crippen LogP contribution is 2.21. The van der Waals surface area contributed by atoms with Gasteiger partial charge in [0.25, 0.3) is 0 Å². The second-order valence-corrected chi connectivity index (χ2v) is 9.15. The highest BCUT2D eigenvalue weighted by Gasteiger charge is 2.21. The summed E-state index contributed by atoms with van der Waals surface area (Å²) >= 11 is 0. The number of piperidine rings is 2. The lowest BCUT2D eigenvalue weighted by Gasteiger charge is -2.33. The van der Waals surface area contributed by atoms with E-state index >= 15 is 0 Å². The molecule has 1 aromatic carbocycles. The molecule has 2 aromatic rings. The van der Waals surface area contributed by atoms with E-state index in [9.17, 15) is 5.11 Å². The molecular weight excluding hydrogens is 400 g/mol. The van der Waals surface area contributed by atoms with E-state index in [1.165, 1.54) is 11.1 Å². The van der Waals surface area contributed by atoms with Crippen molar-refractivity contribution in [2.45, 2.75) is 51.7 Å². The standard InChI is InChI=1S/C26H38N4O2/c1-2-32-25-5-3-4-22(16-25)17-27-24-10-14-30(15-11-24)26-7-6-23(18-28-26)19-29-12-8-21(20-31)9-13-29/h3-7,16,18,21,24,27,31H,2,8-15,17,19-20H2,1H3. The number of rotatable bonds is 9. The minimum Gasteiger partial charge on any atom is -0.494 e. The molecule has 2 aliphatic heterocycles. The summed E-state index contributed by atoms with van der Waals surface area (Å²) in [6.07, 6.45) is 6.51. The Labute approximate surface area is 192 Å². The Hall–Kier alpha value is -2.15. The number of nitrogens with zero attached hydrogens (tertiary/aromatic N) is 3. The minimum absolute atomic E-state index is 0.331. The summed E-state index contributed by atoms with van der Waals surface area (Å²) in [5, 5.41) is 13.0. The van der Waals surface area contributed by atoms with Gasteiger partial charge in [0.1, 0.15) is 11.6 Å². The maximum Gasteiger partial charge on any atom is 0.128 e. The molecule has 6 nitrogen and oxygen atoms in total.